The van der Waals surface area contributed by atoms with Gasteiger partial charge in [0.25, 0.3) is 0 Å². The third-order valence-corrected chi connectivity index (χ3v) is 2.30. The van der Waals surface area contributed by atoms with Crippen LogP contribution in [0.25, 0.3) is 0 Å². The number of hydrogen-bond donors (Lipinski definition) is 2. The van der Waals surface area contributed by atoms with Crippen LogP contribution in [0.3, 0.4) is 0 Å². The first-order chi connectivity index (χ1) is 5.77. The van der Waals surface area contributed by atoms with E-state index < -0.39 is 0 Å². The average molecular weight is 172 g/mol. The first-order valence-corrected chi connectivity index (χ1v) is 4.29. The molecule has 2 atom stereocenters. The van der Waals surface area contributed by atoms with Crippen molar-refractivity contribution in [1.29, 1.82) is 0 Å². The van der Waals surface area contributed by atoms with Crippen molar-refractivity contribution < 1.29 is 9.53 Å². The van der Waals surface area contributed by atoms with Gasteiger partial charge >= 0.3 is 6.03 Å². The van der Waals surface area contributed by atoms with Crippen molar-refractivity contribution in [3.8, 4) is 0 Å². The summed E-state index contributed by atoms with van der Waals surface area (Å²) in [4.78, 5) is 11.0. The summed E-state index contributed by atoms with van der Waals surface area (Å²) < 4.78 is 5.23. The minimum Gasteiger partial charge on any atom is -0.379 e. The molecule has 1 fully saturated rings. The fourth-order valence-electron chi connectivity index (χ4n) is 1.61. The molecule has 0 aliphatic heterocycles. The van der Waals surface area contributed by atoms with Crippen LogP contribution in [0.4, 0.5) is 4.79 Å². The van der Waals surface area contributed by atoms with E-state index in [1.165, 1.54) is 0 Å². The van der Waals surface area contributed by atoms with Crippen LogP contribution in [0, 0.1) is 0 Å². The van der Waals surface area contributed by atoms with E-state index in [4.69, 9.17) is 4.74 Å². The Labute approximate surface area is 72.7 Å². The van der Waals surface area contributed by atoms with Gasteiger partial charge in [0.15, 0.2) is 0 Å². The van der Waals surface area contributed by atoms with Crippen LogP contribution in [-0.2, 0) is 4.74 Å². The molecule has 0 aromatic rings. The predicted octanol–water partition coefficient (Wildman–Crippen LogP) is 0.483. The number of nitrogens with one attached hydrogen (secondary N) is 2. The second-order valence-corrected chi connectivity index (χ2v) is 3.04. The van der Waals surface area contributed by atoms with Crippen LogP contribution >= 0.6 is 0 Å². The first-order valence-electron chi connectivity index (χ1n) is 4.29. The van der Waals surface area contributed by atoms with Crippen molar-refractivity contribution in [2.24, 2.45) is 0 Å². The Morgan fingerprint density at radius 2 is 2.25 bits per heavy atom. The maximum absolute atomic E-state index is 11.0. The monoisotopic (exact) mass is 172 g/mol. The molecule has 0 saturated heterocycles. The molecule has 1 aliphatic rings. The van der Waals surface area contributed by atoms with E-state index in [0.717, 1.165) is 19.3 Å². The van der Waals surface area contributed by atoms with Crippen LogP contribution in [0.1, 0.15) is 19.3 Å². The molecule has 2 unspecified atom stereocenters. The Bertz CT molecular complexity index is 161. The van der Waals surface area contributed by atoms with Gasteiger partial charge in [-0.15, -0.1) is 0 Å². The number of urea groups is 1. The summed E-state index contributed by atoms with van der Waals surface area (Å²) in [6.07, 6.45) is 3.40. The van der Waals surface area contributed by atoms with Crippen molar-refractivity contribution in [2.75, 3.05) is 14.2 Å². The largest absolute Gasteiger partial charge is 0.379 e. The lowest BCUT2D eigenvalue weighted by molar-refractivity contribution is 0.0876. The van der Waals surface area contributed by atoms with E-state index in [2.05, 4.69) is 10.6 Å². The van der Waals surface area contributed by atoms with Gasteiger partial charge in [0.05, 0.1) is 12.1 Å². The smallest absolute Gasteiger partial charge is 0.314 e. The Balaban J connectivity index is 2.35. The molecule has 12 heavy (non-hydrogen) atoms. The van der Waals surface area contributed by atoms with E-state index in [1.807, 2.05) is 0 Å². The van der Waals surface area contributed by atoms with Gasteiger partial charge in [-0.2, -0.15) is 0 Å². The third-order valence-electron chi connectivity index (χ3n) is 2.30. The van der Waals surface area contributed by atoms with E-state index in [1.54, 1.807) is 14.2 Å². The molecule has 1 aliphatic carbocycles. The quantitative estimate of drug-likeness (QED) is 0.636. The summed E-state index contributed by atoms with van der Waals surface area (Å²) in [5.74, 6) is 0. The standard InChI is InChI=1S/C8H16N2O2/c1-9-8(11)10-6-4-3-5-7(6)12-2/h6-7H,3-5H2,1-2H3,(H2,9,10,11). The molecule has 4 nitrogen and oxygen atoms in total. The number of ether oxygens (including phenoxy) is 1. The maximum atomic E-state index is 11.0. The molecule has 2 amide bonds. The maximum Gasteiger partial charge on any atom is 0.314 e. The zero-order valence-corrected chi connectivity index (χ0v) is 7.59. The van der Waals surface area contributed by atoms with Gasteiger partial charge in [-0.1, -0.05) is 0 Å². The van der Waals surface area contributed by atoms with E-state index in [9.17, 15) is 4.79 Å². The minimum atomic E-state index is -0.121. The minimum absolute atomic E-state index is 0.121. The number of hydrogen-bond acceptors (Lipinski definition) is 2. The molecule has 1 saturated carbocycles. The molecular weight excluding hydrogens is 156 g/mol. The van der Waals surface area contributed by atoms with Crippen LogP contribution in [0.2, 0.25) is 0 Å². The molecule has 4 heteroatoms. The highest BCUT2D eigenvalue weighted by Crippen LogP contribution is 2.21. The highest BCUT2D eigenvalue weighted by Gasteiger charge is 2.27. The Morgan fingerprint density at radius 3 is 2.83 bits per heavy atom. The molecule has 0 bridgehead atoms. The Hall–Kier alpha value is -0.770. The fraction of sp³-hybridized carbons (Fsp3) is 0.875. The summed E-state index contributed by atoms with van der Waals surface area (Å²) >= 11 is 0. The molecule has 0 aromatic carbocycles. The lowest BCUT2D eigenvalue weighted by Gasteiger charge is -2.18. The Kier molecular flexibility index (Phi) is 3.34. The summed E-state index contributed by atoms with van der Waals surface area (Å²) in [6.45, 7) is 0. The summed E-state index contributed by atoms with van der Waals surface area (Å²) in [6, 6.07) is 0.0684. The normalized spacial score (nSPS) is 28.5. The van der Waals surface area contributed by atoms with E-state index in [0.29, 0.717) is 0 Å². The molecule has 70 valence electrons. The van der Waals surface area contributed by atoms with Gasteiger partial charge in [-0.25, -0.2) is 4.79 Å². The van der Waals surface area contributed by atoms with Gasteiger partial charge in [0.1, 0.15) is 0 Å². The molecular formula is C8H16N2O2. The highest BCUT2D eigenvalue weighted by molar-refractivity contribution is 5.73. The summed E-state index contributed by atoms with van der Waals surface area (Å²) in [5.41, 5.74) is 0. The average Bonchev–Trinajstić information content (AvgIpc) is 2.51. The van der Waals surface area contributed by atoms with E-state index in [-0.39, 0.29) is 18.2 Å². The SMILES string of the molecule is CNC(=O)NC1CCCC1OC. The fourth-order valence-corrected chi connectivity index (χ4v) is 1.61. The second-order valence-electron chi connectivity index (χ2n) is 3.04. The lowest BCUT2D eigenvalue weighted by Crippen LogP contribution is -2.44. The zero-order valence-electron chi connectivity index (χ0n) is 7.59. The van der Waals surface area contributed by atoms with Gasteiger partial charge < -0.3 is 15.4 Å². The topological polar surface area (TPSA) is 50.4 Å². The van der Waals surface area contributed by atoms with Crippen molar-refractivity contribution in [2.45, 2.75) is 31.4 Å². The number of amides is 2. The zero-order chi connectivity index (χ0) is 8.97. The van der Waals surface area contributed by atoms with Crippen LogP contribution < -0.4 is 10.6 Å². The highest BCUT2D eigenvalue weighted by atomic mass is 16.5. The van der Waals surface area contributed by atoms with Crippen LogP contribution in [0.5, 0.6) is 0 Å². The van der Waals surface area contributed by atoms with Crippen molar-refractivity contribution in [3.05, 3.63) is 0 Å². The van der Waals surface area contributed by atoms with E-state index >= 15 is 0 Å². The van der Waals surface area contributed by atoms with Crippen LogP contribution in [-0.4, -0.2) is 32.3 Å². The molecule has 2 N–H and O–H groups in total. The lowest BCUT2D eigenvalue weighted by atomic mass is 10.2. The number of carbonyl (C=O) groups is 1. The molecule has 0 radical (unpaired) electrons. The van der Waals surface area contributed by atoms with Gasteiger partial charge in [-0.05, 0) is 19.3 Å². The summed E-state index contributed by atoms with van der Waals surface area (Å²) in [5, 5.41) is 5.39. The summed E-state index contributed by atoms with van der Waals surface area (Å²) in [7, 11) is 3.31. The van der Waals surface area contributed by atoms with Gasteiger partial charge in [0, 0.05) is 14.2 Å². The van der Waals surface area contributed by atoms with Crippen molar-refractivity contribution >= 4 is 6.03 Å². The van der Waals surface area contributed by atoms with Crippen LogP contribution in [0.15, 0.2) is 0 Å². The number of rotatable bonds is 2. The van der Waals surface area contributed by atoms with Crippen molar-refractivity contribution in [3.63, 3.8) is 0 Å². The molecule has 0 aromatic heterocycles. The second kappa shape index (κ2) is 4.30. The predicted molar refractivity (Wildman–Crippen MR) is 46.0 cm³/mol. The molecule has 1 rings (SSSR count). The first kappa shape index (κ1) is 9.32. The number of carbonyl (C=O) groups excluding carboxylic acids is 1. The van der Waals surface area contributed by atoms with Gasteiger partial charge in [0.2, 0.25) is 0 Å². The van der Waals surface area contributed by atoms with Crippen molar-refractivity contribution in [1.82, 2.24) is 10.6 Å². The molecule has 0 heterocycles. The molecule has 0 spiro atoms. The Morgan fingerprint density at radius 1 is 1.50 bits per heavy atom. The number of methoxy groups -OCH3 is 1. The van der Waals surface area contributed by atoms with Gasteiger partial charge in [-0.3, -0.25) is 0 Å². The third kappa shape index (κ3) is 2.11.